The molecule has 154 valence electrons. The molecule has 0 saturated heterocycles. The molecule has 2 rings (SSSR count). The Morgan fingerprint density at radius 3 is 2.57 bits per heavy atom. The molecule has 0 unspecified atom stereocenters. The maximum Gasteiger partial charge on any atom is 0.287 e. The molecule has 2 amide bonds. The third-order valence-electron chi connectivity index (χ3n) is 4.34. The SMILES string of the molecule is CCCN(Cc1cccn1Cc1ccc(C(=O)NC(C)C)o1)C(=O)CC(C)C. The zero-order valence-electron chi connectivity index (χ0n) is 17.7. The zero-order chi connectivity index (χ0) is 20.7. The summed E-state index contributed by atoms with van der Waals surface area (Å²) < 4.78 is 7.78. The Balaban J connectivity index is 2.07. The highest BCUT2D eigenvalue weighted by Gasteiger charge is 2.17. The molecule has 2 heterocycles. The van der Waals surface area contributed by atoms with Gasteiger partial charge in [0.05, 0.1) is 13.1 Å². The highest BCUT2D eigenvalue weighted by molar-refractivity contribution is 5.91. The van der Waals surface area contributed by atoms with Crippen molar-refractivity contribution in [1.82, 2.24) is 14.8 Å². The first-order valence-electron chi connectivity index (χ1n) is 10.1. The Bertz CT molecular complexity index is 774. The summed E-state index contributed by atoms with van der Waals surface area (Å²) in [5.74, 6) is 1.36. The number of furan rings is 1. The van der Waals surface area contributed by atoms with Gasteiger partial charge in [-0.1, -0.05) is 20.8 Å². The van der Waals surface area contributed by atoms with Gasteiger partial charge in [0.1, 0.15) is 5.76 Å². The van der Waals surface area contributed by atoms with Crippen molar-refractivity contribution < 1.29 is 14.0 Å². The molecule has 0 bridgehead atoms. The van der Waals surface area contributed by atoms with E-state index in [1.54, 1.807) is 6.07 Å². The first kappa shape index (κ1) is 21.8. The Hall–Kier alpha value is -2.50. The van der Waals surface area contributed by atoms with Crippen LogP contribution in [0, 0.1) is 5.92 Å². The summed E-state index contributed by atoms with van der Waals surface area (Å²) in [5.41, 5.74) is 1.05. The normalized spacial score (nSPS) is 11.2. The summed E-state index contributed by atoms with van der Waals surface area (Å²) in [5, 5.41) is 2.83. The molecular weight excluding hydrogens is 354 g/mol. The van der Waals surface area contributed by atoms with Crippen LogP contribution < -0.4 is 5.32 Å². The van der Waals surface area contributed by atoms with E-state index in [1.807, 2.05) is 43.1 Å². The summed E-state index contributed by atoms with van der Waals surface area (Å²) in [4.78, 5) is 26.5. The number of hydrogen-bond acceptors (Lipinski definition) is 3. The predicted molar refractivity (Wildman–Crippen MR) is 110 cm³/mol. The van der Waals surface area contributed by atoms with E-state index in [0.29, 0.717) is 36.9 Å². The van der Waals surface area contributed by atoms with Crippen LogP contribution in [-0.2, 0) is 17.9 Å². The Kier molecular flexibility index (Phi) is 7.91. The van der Waals surface area contributed by atoms with Gasteiger partial charge in [-0.2, -0.15) is 0 Å². The first-order chi connectivity index (χ1) is 13.3. The Morgan fingerprint density at radius 2 is 1.93 bits per heavy atom. The van der Waals surface area contributed by atoms with Crippen LogP contribution in [0.3, 0.4) is 0 Å². The highest BCUT2D eigenvalue weighted by atomic mass is 16.4. The van der Waals surface area contributed by atoms with Crippen LogP contribution in [0.2, 0.25) is 0 Å². The molecule has 6 nitrogen and oxygen atoms in total. The van der Waals surface area contributed by atoms with Crippen molar-refractivity contribution in [1.29, 1.82) is 0 Å². The number of rotatable bonds is 10. The fourth-order valence-electron chi connectivity index (χ4n) is 3.07. The molecule has 2 aromatic heterocycles. The van der Waals surface area contributed by atoms with Gasteiger partial charge in [-0.3, -0.25) is 9.59 Å². The molecular formula is C22H33N3O3. The van der Waals surface area contributed by atoms with Crippen LogP contribution in [0.15, 0.2) is 34.9 Å². The van der Waals surface area contributed by atoms with Crippen molar-refractivity contribution in [3.05, 3.63) is 47.7 Å². The minimum atomic E-state index is -0.206. The average Bonchev–Trinajstić information content (AvgIpc) is 3.23. The largest absolute Gasteiger partial charge is 0.454 e. The van der Waals surface area contributed by atoms with Gasteiger partial charge in [-0.15, -0.1) is 0 Å². The van der Waals surface area contributed by atoms with Gasteiger partial charge in [0.25, 0.3) is 5.91 Å². The maximum atomic E-state index is 12.6. The highest BCUT2D eigenvalue weighted by Crippen LogP contribution is 2.15. The van der Waals surface area contributed by atoms with Gasteiger partial charge in [0.15, 0.2) is 5.76 Å². The third kappa shape index (κ3) is 6.29. The number of nitrogens with one attached hydrogen (secondary N) is 1. The van der Waals surface area contributed by atoms with Gasteiger partial charge >= 0.3 is 0 Å². The maximum absolute atomic E-state index is 12.6. The lowest BCUT2D eigenvalue weighted by molar-refractivity contribution is -0.132. The third-order valence-corrected chi connectivity index (χ3v) is 4.34. The van der Waals surface area contributed by atoms with E-state index in [9.17, 15) is 9.59 Å². The van der Waals surface area contributed by atoms with E-state index in [0.717, 1.165) is 18.7 Å². The number of amides is 2. The molecule has 2 aromatic rings. The molecule has 0 saturated carbocycles. The summed E-state index contributed by atoms with van der Waals surface area (Å²) >= 11 is 0. The van der Waals surface area contributed by atoms with Crippen LogP contribution in [0.4, 0.5) is 0 Å². The molecule has 0 radical (unpaired) electrons. The van der Waals surface area contributed by atoms with Crippen LogP contribution in [-0.4, -0.2) is 33.9 Å². The average molecular weight is 388 g/mol. The van der Waals surface area contributed by atoms with Gasteiger partial charge < -0.3 is 19.2 Å². The van der Waals surface area contributed by atoms with E-state index >= 15 is 0 Å². The number of hydrogen-bond donors (Lipinski definition) is 1. The second kappa shape index (κ2) is 10.2. The molecule has 1 N–H and O–H groups in total. The van der Waals surface area contributed by atoms with E-state index in [4.69, 9.17) is 4.42 Å². The number of carbonyl (C=O) groups excluding carboxylic acids is 2. The lowest BCUT2D eigenvalue weighted by Crippen LogP contribution is -2.32. The van der Waals surface area contributed by atoms with Crippen molar-refractivity contribution in [2.75, 3.05) is 6.54 Å². The van der Waals surface area contributed by atoms with E-state index in [-0.39, 0.29) is 17.9 Å². The van der Waals surface area contributed by atoms with Crippen LogP contribution >= 0.6 is 0 Å². The summed E-state index contributed by atoms with van der Waals surface area (Å²) in [6.45, 7) is 11.9. The minimum absolute atomic E-state index is 0.0602. The minimum Gasteiger partial charge on any atom is -0.454 e. The van der Waals surface area contributed by atoms with E-state index in [2.05, 4.69) is 30.7 Å². The van der Waals surface area contributed by atoms with Crippen molar-refractivity contribution in [2.45, 2.75) is 66.6 Å². The smallest absolute Gasteiger partial charge is 0.287 e. The molecule has 0 fully saturated rings. The molecule has 0 aromatic carbocycles. The standard InChI is InChI=1S/C22H33N3O3/c1-6-11-25(21(26)13-16(2)3)14-18-8-7-12-24(18)15-19-9-10-20(28-19)22(27)23-17(4)5/h7-10,12,16-17H,6,11,13-15H2,1-5H3,(H,23,27). The second-order valence-corrected chi connectivity index (χ2v) is 7.93. The van der Waals surface area contributed by atoms with Crippen LogP contribution in [0.5, 0.6) is 0 Å². The molecule has 0 aliphatic heterocycles. The number of aromatic nitrogens is 1. The lowest BCUT2D eigenvalue weighted by atomic mass is 10.1. The Morgan fingerprint density at radius 1 is 1.18 bits per heavy atom. The number of carbonyl (C=O) groups is 2. The first-order valence-corrected chi connectivity index (χ1v) is 10.1. The topological polar surface area (TPSA) is 67.5 Å². The monoisotopic (exact) mass is 387 g/mol. The zero-order valence-corrected chi connectivity index (χ0v) is 17.7. The molecule has 0 aliphatic carbocycles. The van der Waals surface area contributed by atoms with Gasteiger partial charge in [-0.25, -0.2) is 0 Å². The summed E-state index contributed by atoms with van der Waals surface area (Å²) in [6, 6.07) is 7.59. The van der Waals surface area contributed by atoms with Crippen molar-refractivity contribution in [3.8, 4) is 0 Å². The second-order valence-electron chi connectivity index (χ2n) is 7.93. The summed E-state index contributed by atoms with van der Waals surface area (Å²) in [7, 11) is 0. The van der Waals surface area contributed by atoms with Crippen LogP contribution in [0.25, 0.3) is 0 Å². The quantitative estimate of drug-likeness (QED) is 0.669. The summed E-state index contributed by atoms with van der Waals surface area (Å²) in [6.07, 6.45) is 3.47. The predicted octanol–water partition coefficient (Wildman–Crippen LogP) is 4.05. The van der Waals surface area contributed by atoms with Gasteiger partial charge in [-0.05, 0) is 50.5 Å². The fraction of sp³-hybridized carbons (Fsp3) is 0.545. The van der Waals surface area contributed by atoms with Crippen LogP contribution in [0.1, 0.15) is 69.5 Å². The van der Waals surface area contributed by atoms with Crippen molar-refractivity contribution >= 4 is 11.8 Å². The van der Waals surface area contributed by atoms with E-state index < -0.39 is 0 Å². The van der Waals surface area contributed by atoms with Crippen molar-refractivity contribution in [2.24, 2.45) is 5.92 Å². The van der Waals surface area contributed by atoms with E-state index in [1.165, 1.54) is 0 Å². The molecule has 28 heavy (non-hydrogen) atoms. The fourth-order valence-corrected chi connectivity index (χ4v) is 3.07. The van der Waals surface area contributed by atoms with Crippen molar-refractivity contribution in [3.63, 3.8) is 0 Å². The molecule has 0 atom stereocenters. The Labute approximate surface area is 167 Å². The molecule has 0 aliphatic rings. The van der Waals surface area contributed by atoms with Gasteiger partial charge in [0, 0.05) is 30.9 Å². The number of nitrogens with zero attached hydrogens (tertiary/aromatic N) is 2. The lowest BCUT2D eigenvalue weighted by Gasteiger charge is -2.24. The molecule has 6 heteroatoms. The molecule has 0 spiro atoms. The van der Waals surface area contributed by atoms with Gasteiger partial charge in [0.2, 0.25) is 5.91 Å².